The van der Waals surface area contributed by atoms with Crippen molar-refractivity contribution in [1.29, 1.82) is 0 Å². The highest BCUT2D eigenvalue weighted by molar-refractivity contribution is 7.15. The third kappa shape index (κ3) is 4.23. The molecule has 2 aromatic heterocycles. The molecule has 1 aliphatic heterocycles. The Kier molecular flexibility index (Phi) is 4.78. The van der Waals surface area contributed by atoms with Crippen LogP contribution in [0.25, 0.3) is 0 Å². The van der Waals surface area contributed by atoms with Crippen molar-refractivity contribution in [1.82, 2.24) is 20.3 Å². The van der Waals surface area contributed by atoms with Crippen LogP contribution >= 0.6 is 11.3 Å². The van der Waals surface area contributed by atoms with E-state index in [1.165, 1.54) is 24.2 Å². The van der Waals surface area contributed by atoms with Gasteiger partial charge in [0.1, 0.15) is 16.9 Å². The lowest BCUT2D eigenvalue weighted by molar-refractivity contribution is -0.117. The number of rotatable bonds is 7. The van der Waals surface area contributed by atoms with Gasteiger partial charge in [-0.3, -0.25) is 15.0 Å². The molecule has 134 valence electrons. The van der Waals surface area contributed by atoms with Crippen LogP contribution in [0.1, 0.15) is 54.2 Å². The van der Waals surface area contributed by atoms with Gasteiger partial charge in [0.25, 0.3) is 0 Å². The van der Waals surface area contributed by atoms with Gasteiger partial charge in [-0.1, -0.05) is 16.5 Å². The van der Waals surface area contributed by atoms with E-state index in [1.807, 2.05) is 18.0 Å². The van der Waals surface area contributed by atoms with Gasteiger partial charge in [-0.15, -0.1) is 10.2 Å². The van der Waals surface area contributed by atoms with Gasteiger partial charge in [-0.05, 0) is 32.7 Å². The Bertz CT molecular complexity index is 736. The highest BCUT2D eigenvalue weighted by atomic mass is 32.1. The highest BCUT2D eigenvalue weighted by Gasteiger charge is 2.28. The zero-order valence-corrected chi connectivity index (χ0v) is 14.9. The van der Waals surface area contributed by atoms with Crippen molar-refractivity contribution in [2.45, 2.75) is 44.2 Å². The topological polar surface area (TPSA) is 93.4 Å². The summed E-state index contributed by atoms with van der Waals surface area (Å²) in [6.07, 6.45) is 4.40. The first kappa shape index (κ1) is 16.6. The summed E-state index contributed by atoms with van der Waals surface area (Å²) in [6.45, 7) is 1.59. The molecule has 2 aliphatic rings. The van der Waals surface area contributed by atoms with Gasteiger partial charge in [0.15, 0.2) is 0 Å². The number of ether oxygens (including phenoxy) is 1. The van der Waals surface area contributed by atoms with Crippen LogP contribution in [0.4, 0.5) is 5.13 Å². The summed E-state index contributed by atoms with van der Waals surface area (Å²) >= 11 is 1.38. The molecule has 8 nitrogen and oxygen atoms in total. The van der Waals surface area contributed by atoms with Crippen LogP contribution in [0.5, 0.6) is 0 Å². The monoisotopic (exact) mass is 363 g/mol. The first-order valence-electron chi connectivity index (χ1n) is 8.56. The molecule has 0 radical (unpaired) electrons. The van der Waals surface area contributed by atoms with E-state index in [4.69, 9.17) is 9.26 Å². The van der Waals surface area contributed by atoms with Crippen molar-refractivity contribution in [2.75, 3.05) is 25.5 Å². The summed E-state index contributed by atoms with van der Waals surface area (Å²) in [6, 6.07) is 1.99. The van der Waals surface area contributed by atoms with Gasteiger partial charge in [0, 0.05) is 25.1 Å². The Morgan fingerprint density at radius 3 is 3.04 bits per heavy atom. The fraction of sp³-hybridized carbons (Fsp3) is 0.625. The van der Waals surface area contributed by atoms with Crippen LogP contribution in [0.15, 0.2) is 10.6 Å². The highest BCUT2D eigenvalue weighted by Crippen LogP contribution is 2.40. The third-order valence-corrected chi connectivity index (χ3v) is 5.23. The molecule has 1 amide bonds. The molecule has 1 saturated carbocycles. The molecule has 9 heteroatoms. The van der Waals surface area contributed by atoms with E-state index in [0.717, 1.165) is 35.9 Å². The lowest BCUT2D eigenvalue weighted by atomic mass is 10.2. The van der Waals surface area contributed by atoms with Crippen molar-refractivity contribution in [2.24, 2.45) is 0 Å². The van der Waals surface area contributed by atoms with E-state index in [-0.39, 0.29) is 18.6 Å². The molecule has 2 aromatic rings. The standard InChI is InChI=1S/C16H21N5O3S/c1-21(8-11-7-13(24-20-11)10-4-5-10)9-14(22)17-16-19-18-15(25-16)12-3-2-6-23-12/h7,10,12H,2-6,8-9H2,1H3,(H,17,19,22)/t12-/m0/s1. The van der Waals surface area contributed by atoms with Gasteiger partial charge < -0.3 is 9.26 Å². The predicted octanol–water partition coefficient (Wildman–Crippen LogP) is 2.33. The number of carbonyl (C=O) groups excluding carboxylic acids is 1. The van der Waals surface area contributed by atoms with E-state index in [9.17, 15) is 4.79 Å². The maximum Gasteiger partial charge on any atom is 0.240 e. The molecule has 1 saturated heterocycles. The largest absolute Gasteiger partial charge is 0.371 e. The van der Waals surface area contributed by atoms with Crippen molar-refractivity contribution in [3.05, 3.63) is 22.5 Å². The van der Waals surface area contributed by atoms with Gasteiger partial charge >= 0.3 is 0 Å². The molecule has 1 N–H and O–H groups in total. The fourth-order valence-electron chi connectivity index (χ4n) is 2.89. The second-order valence-electron chi connectivity index (χ2n) is 6.66. The van der Waals surface area contributed by atoms with E-state index in [0.29, 0.717) is 17.6 Å². The van der Waals surface area contributed by atoms with Crippen LogP contribution < -0.4 is 5.32 Å². The minimum Gasteiger partial charge on any atom is -0.371 e. The predicted molar refractivity (Wildman–Crippen MR) is 91.3 cm³/mol. The summed E-state index contributed by atoms with van der Waals surface area (Å²) in [5, 5.41) is 16.4. The molecule has 25 heavy (non-hydrogen) atoms. The van der Waals surface area contributed by atoms with Crippen LogP contribution in [0, 0.1) is 0 Å². The number of hydrogen-bond acceptors (Lipinski definition) is 8. The van der Waals surface area contributed by atoms with Gasteiger partial charge in [-0.2, -0.15) is 0 Å². The second kappa shape index (κ2) is 7.19. The lowest BCUT2D eigenvalue weighted by Crippen LogP contribution is -2.29. The molecule has 0 unspecified atom stereocenters. The lowest BCUT2D eigenvalue weighted by Gasteiger charge is -2.13. The maximum atomic E-state index is 12.2. The zero-order valence-electron chi connectivity index (χ0n) is 14.1. The number of nitrogens with one attached hydrogen (secondary N) is 1. The number of likely N-dealkylation sites (N-methyl/N-ethyl adjacent to an activating group) is 1. The third-order valence-electron chi connectivity index (χ3n) is 4.29. The van der Waals surface area contributed by atoms with Crippen molar-refractivity contribution < 1.29 is 14.1 Å². The fourth-order valence-corrected chi connectivity index (χ4v) is 3.73. The van der Waals surface area contributed by atoms with E-state index in [1.54, 1.807) is 0 Å². The average molecular weight is 363 g/mol. The van der Waals surface area contributed by atoms with Crippen molar-refractivity contribution >= 4 is 22.4 Å². The Morgan fingerprint density at radius 1 is 1.40 bits per heavy atom. The number of hydrogen-bond donors (Lipinski definition) is 1. The molecule has 0 bridgehead atoms. The Labute approximate surface area is 149 Å². The van der Waals surface area contributed by atoms with Crippen LogP contribution in [0.3, 0.4) is 0 Å². The number of amides is 1. The van der Waals surface area contributed by atoms with Crippen LogP contribution in [-0.4, -0.2) is 46.4 Å². The first-order valence-corrected chi connectivity index (χ1v) is 9.38. The molecule has 0 aromatic carbocycles. The SMILES string of the molecule is CN(CC(=O)Nc1nnc([C@@H]2CCCO2)s1)Cc1cc(C2CC2)on1. The second-order valence-corrected chi connectivity index (χ2v) is 7.67. The summed E-state index contributed by atoms with van der Waals surface area (Å²) in [5.41, 5.74) is 0.855. The summed E-state index contributed by atoms with van der Waals surface area (Å²) in [7, 11) is 1.88. The van der Waals surface area contributed by atoms with E-state index in [2.05, 4.69) is 20.7 Å². The first-order chi connectivity index (χ1) is 12.2. The number of aromatic nitrogens is 3. The molecule has 0 spiro atoms. The minimum absolute atomic E-state index is 0.0265. The van der Waals surface area contributed by atoms with Gasteiger partial charge in [-0.25, -0.2) is 0 Å². The smallest absolute Gasteiger partial charge is 0.240 e. The molecular weight excluding hydrogens is 342 g/mol. The van der Waals surface area contributed by atoms with Gasteiger partial charge in [0.2, 0.25) is 11.0 Å². The number of nitrogens with zero attached hydrogens (tertiary/aromatic N) is 4. The molecule has 2 fully saturated rings. The molecule has 1 atom stereocenters. The molecule has 4 rings (SSSR count). The Morgan fingerprint density at radius 2 is 2.28 bits per heavy atom. The minimum atomic E-state index is -0.122. The molecule has 1 aliphatic carbocycles. The van der Waals surface area contributed by atoms with Crippen molar-refractivity contribution in [3.63, 3.8) is 0 Å². The van der Waals surface area contributed by atoms with E-state index < -0.39 is 0 Å². The number of anilines is 1. The summed E-state index contributed by atoms with van der Waals surface area (Å²) < 4.78 is 10.9. The van der Waals surface area contributed by atoms with Gasteiger partial charge in [0.05, 0.1) is 12.2 Å². The normalized spacial score (nSPS) is 20.3. The van der Waals surface area contributed by atoms with E-state index >= 15 is 0 Å². The Balaban J connectivity index is 1.26. The molecule has 3 heterocycles. The summed E-state index contributed by atoms with van der Waals surface area (Å²) in [4.78, 5) is 14.1. The number of carbonyl (C=O) groups is 1. The summed E-state index contributed by atoms with van der Waals surface area (Å²) in [5.74, 6) is 1.39. The Hall–Kier alpha value is -1.84. The average Bonchev–Trinajstić information content (AvgIpc) is 2.99. The molecular formula is C16H21N5O3S. The van der Waals surface area contributed by atoms with Crippen LogP contribution in [0.2, 0.25) is 0 Å². The maximum absolute atomic E-state index is 12.2. The quantitative estimate of drug-likeness (QED) is 0.807. The van der Waals surface area contributed by atoms with Crippen molar-refractivity contribution in [3.8, 4) is 0 Å². The van der Waals surface area contributed by atoms with Crippen LogP contribution in [-0.2, 0) is 16.1 Å². The zero-order chi connectivity index (χ0) is 17.2.